The SMILES string of the molecule is CC(C)CNC(=O)c1cc(NS(=O)(=O)c2cccc3ccccc23)ccc1N1CCc2ccccc2C1. The van der Waals surface area contributed by atoms with E-state index in [2.05, 4.69) is 33.1 Å². The second-order valence-electron chi connectivity index (χ2n) is 9.86. The van der Waals surface area contributed by atoms with Crippen molar-refractivity contribution in [3.05, 3.63) is 102 Å². The zero-order chi connectivity index (χ0) is 26.0. The van der Waals surface area contributed by atoms with E-state index in [1.165, 1.54) is 11.1 Å². The Morgan fingerprint density at radius 3 is 2.46 bits per heavy atom. The van der Waals surface area contributed by atoms with Gasteiger partial charge in [-0.25, -0.2) is 8.42 Å². The van der Waals surface area contributed by atoms with E-state index in [-0.39, 0.29) is 10.8 Å². The molecule has 5 rings (SSSR count). The Balaban J connectivity index is 1.49. The molecule has 0 bridgehead atoms. The topological polar surface area (TPSA) is 78.5 Å². The second-order valence-corrected chi connectivity index (χ2v) is 11.5. The molecule has 0 aliphatic carbocycles. The van der Waals surface area contributed by atoms with Crippen molar-refractivity contribution in [3.8, 4) is 0 Å². The van der Waals surface area contributed by atoms with Crippen molar-refractivity contribution >= 4 is 38.1 Å². The summed E-state index contributed by atoms with van der Waals surface area (Å²) in [4.78, 5) is 15.7. The smallest absolute Gasteiger partial charge is 0.262 e. The maximum absolute atomic E-state index is 13.4. The Morgan fingerprint density at radius 1 is 0.919 bits per heavy atom. The predicted molar refractivity (Wildman–Crippen MR) is 150 cm³/mol. The summed E-state index contributed by atoms with van der Waals surface area (Å²) < 4.78 is 29.5. The first kappa shape index (κ1) is 24.8. The molecule has 1 aliphatic rings. The van der Waals surface area contributed by atoms with E-state index in [1.807, 2.05) is 50.2 Å². The van der Waals surface area contributed by atoms with E-state index in [1.54, 1.807) is 30.3 Å². The molecule has 0 spiro atoms. The zero-order valence-corrected chi connectivity index (χ0v) is 21.9. The van der Waals surface area contributed by atoms with E-state index in [0.717, 1.165) is 24.0 Å². The molecule has 37 heavy (non-hydrogen) atoms. The van der Waals surface area contributed by atoms with Crippen molar-refractivity contribution in [1.29, 1.82) is 0 Å². The van der Waals surface area contributed by atoms with Crippen LogP contribution in [0, 0.1) is 5.92 Å². The number of anilines is 2. The van der Waals surface area contributed by atoms with Crippen molar-refractivity contribution in [2.75, 3.05) is 22.7 Å². The minimum Gasteiger partial charge on any atom is -0.366 e. The molecule has 2 N–H and O–H groups in total. The molecule has 190 valence electrons. The fourth-order valence-corrected chi connectivity index (χ4v) is 6.07. The Morgan fingerprint density at radius 2 is 1.65 bits per heavy atom. The number of carbonyl (C=O) groups excluding carboxylic acids is 1. The van der Waals surface area contributed by atoms with Gasteiger partial charge in [0.1, 0.15) is 0 Å². The largest absolute Gasteiger partial charge is 0.366 e. The highest BCUT2D eigenvalue weighted by Crippen LogP contribution is 2.31. The van der Waals surface area contributed by atoms with E-state index >= 15 is 0 Å². The van der Waals surface area contributed by atoms with Crippen molar-refractivity contribution in [2.24, 2.45) is 5.92 Å². The van der Waals surface area contributed by atoms with Gasteiger partial charge >= 0.3 is 0 Å². The van der Waals surface area contributed by atoms with E-state index in [0.29, 0.717) is 35.6 Å². The third kappa shape index (κ3) is 5.32. The molecule has 0 unspecified atom stereocenters. The van der Waals surface area contributed by atoms with E-state index < -0.39 is 10.0 Å². The molecule has 1 heterocycles. The molecule has 4 aromatic carbocycles. The number of nitrogens with zero attached hydrogens (tertiary/aromatic N) is 1. The lowest BCUT2D eigenvalue weighted by molar-refractivity contribution is 0.0949. The molecule has 6 nitrogen and oxygen atoms in total. The standard InChI is InChI=1S/C30H31N3O3S/c1-21(2)19-31-30(34)27-18-25(14-15-28(27)33-17-16-22-8-3-4-10-24(22)20-33)32-37(35,36)29-13-7-11-23-9-5-6-12-26(23)29/h3-15,18,21,32H,16-17,19-20H2,1-2H3,(H,31,34). The molecule has 0 saturated carbocycles. The monoisotopic (exact) mass is 513 g/mol. The lowest BCUT2D eigenvalue weighted by Gasteiger charge is -2.32. The van der Waals surface area contributed by atoms with Gasteiger partial charge in [-0.1, -0.05) is 74.5 Å². The highest BCUT2D eigenvalue weighted by atomic mass is 32.2. The number of rotatable bonds is 7. The molecule has 0 atom stereocenters. The lowest BCUT2D eigenvalue weighted by Crippen LogP contribution is -2.34. The second kappa shape index (κ2) is 10.3. The summed E-state index contributed by atoms with van der Waals surface area (Å²) in [5.74, 6) is 0.0797. The van der Waals surface area contributed by atoms with Crippen LogP contribution in [0.4, 0.5) is 11.4 Å². The summed E-state index contributed by atoms with van der Waals surface area (Å²) in [5, 5.41) is 4.50. The first-order valence-electron chi connectivity index (χ1n) is 12.6. The Kier molecular flexibility index (Phi) is 6.89. The highest BCUT2D eigenvalue weighted by Gasteiger charge is 2.23. The van der Waals surface area contributed by atoms with Crippen LogP contribution >= 0.6 is 0 Å². The molecule has 1 amide bonds. The number of hydrogen-bond acceptors (Lipinski definition) is 4. The van der Waals surface area contributed by atoms with Crippen LogP contribution in [0.1, 0.15) is 35.3 Å². The van der Waals surface area contributed by atoms with Crippen LogP contribution in [0.15, 0.2) is 89.8 Å². The first-order valence-corrected chi connectivity index (χ1v) is 14.0. The number of benzene rings is 4. The van der Waals surface area contributed by atoms with Crippen molar-refractivity contribution < 1.29 is 13.2 Å². The van der Waals surface area contributed by atoms with E-state index in [4.69, 9.17) is 0 Å². The average molecular weight is 514 g/mol. The molecule has 0 radical (unpaired) electrons. The number of nitrogens with one attached hydrogen (secondary N) is 2. The van der Waals surface area contributed by atoms with Crippen molar-refractivity contribution in [2.45, 2.75) is 31.7 Å². The number of fused-ring (bicyclic) bond motifs is 2. The van der Waals surface area contributed by atoms with Crippen molar-refractivity contribution in [3.63, 3.8) is 0 Å². The Labute approximate surface area is 218 Å². The summed E-state index contributed by atoms with van der Waals surface area (Å²) in [6, 6.07) is 26.2. The fourth-order valence-electron chi connectivity index (χ4n) is 4.79. The van der Waals surface area contributed by atoms with Crippen LogP contribution < -0.4 is 14.9 Å². The highest BCUT2D eigenvalue weighted by molar-refractivity contribution is 7.93. The average Bonchev–Trinajstić information content (AvgIpc) is 2.90. The predicted octanol–water partition coefficient (Wildman–Crippen LogP) is 5.59. The molecule has 0 aromatic heterocycles. The minimum absolute atomic E-state index is 0.202. The molecule has 0 saturated heterocycles. The molecule has 1 aliphatic heterocycles. The molecular formula is C30H31N3O3S. The van der Waals surface area contributed by atoms with Gasteiger partial charge in [0.2, 0.25) is 0 Å². The maximum Gasteiger partial charge on any atom is 0.262 e. The van der Waals surface area contributed by atoms with Crippen LogP contribution in [0.2, 0.25) is 0 Å². The van der Waals surface area contributed by atoms with Gasteiger partial charge in [-0.05, 0) is 53.1 Å². The van der Waals surface area contributed by atoms with Crippen LogP contribution in [0.25, 0.3) is 10.8 Å². The molecular weight excluding hydrogens is 482 g/mol. The third-order valence-corrected chi connectivity index (χ3v) is 8.11. The normalized spacial score (nSPS) is 13.4. The number of amides is 1. The van der Waals surface area contributed by atoms with Crippen molar-refractivity contribution in [1.82, 2.24) is 5.32 Å². The fraction of sp³-hybridized carbons (Fsp3) is 0.233. The summed E-state index contributed by atoms with van der Waals surface area (Å²) in [6.07, 6.45) is 0.888. The van der Waals surface area contributed by atoms with Gasteiger partial charge in [0.05, 0.1) is 10.5 Å². The summed E-state index contributed by atoms with van der Waals surface area (Å²) in [6.45, 7) is 6.09. The molecule has 4 aromatic rings. The van der Waals surface area contributed by atoms with Crippen LogP contribution in [-0.2, 0) is 23.0 Å². The molecule has 7 heteroatoms. The summed E-state index contributed by atoms with van der Waals surface area (Å²) in [5.41, 5.74) is 4.16. The summed E-state index contributed by atoms with van der Waals surface area (Å²) >= 11 is 0. The Bertz CT molecular complexity index is 1560. The van der Waals surface area contributed by atoms with Gasteiger partial charge in [-0.3, -0.25) is 9.52 Å². The van der Waals surface area contributed by atoms with Gasteiger partial charge in [0.25, 0.3) is 15.9 Å². The number of carbonyl (C=O) groups is 1. The Hall–Kier alpha value is -3.84. The zero-order valence-electron chi connectivity index (χ0n) is 21.1. The van der Waals surface area contributed by atoms with E-state index in [9.17, 15) is 13.2 Å². The summed E-state index contributed by atoms with van der Waals surface area (Å²) in [7, 11) is -3.88. The third-order valence-electron chi connectivity index (χ3n) is 6.67. The number of hydrogen-bond donors (Lipinski definition) is 2. The molecule has 0 fully saturated rings. The number of sulfonamides is 1. The first-order chi connectivity index (χ1) is 17.8. The maximum atomic E-state index is 13.4. The van der Waals surface area contributed by atoms with Gasteiger partial charge in [0.15, 0.2) is 0 Å². The van der Waals surface area contributed by atoms with Crippen LogP contribution in [-0.4, -0.2) is 27.4 Å². The van der Waals surface area contributed by atoms with Crippen LogP contribution in [0.5, 0.6) is 0 Å². The van der Waals surface area contributed by atoms with Gasteiger partial charge in [-0.2, -0.15) is 0 Å². The van der Waals surface area contributed by atoms with Gasteiger partial charge < -0.3 is 10.2 Å². The lowest BCUT2D eigenvalue weighted by atomic mass is 9.98. The van der Waals surface area contributed by atoms with Gasteiger partial charge in [-0.15, -0.1) is 0 Å². The minimum atomic E-state index is -3.88. The quantitative estimate of drug-likeness (QED) is 0.338. The van der Waals surface area contributed by atoms with Gasteiger partial charge in [0, 0.05) is 36.4 Å². The van der Waals surface area contributed by atoms with Crippen LogP contribution in [0.3, 0.4) is 0 Å².